The van der Waals surface area contributed by atoms with Crippen molar-refractivity contribution in [3.63, 3.8) is 0 Å². The first kappa shape index (κ1) is 16.6. The highest BCUT2D eigenvalue weighted by atomic mass is 79.9. The number of rotatable bonds is 7. The SMILES string of the molecule is CCNC(Cc1ccc(Br)cc1F)C(C)(C)OCC. The molecule has 1 unspecified atom stereocenters. The molecule has 4 heteroatoms. The van der Waals surface area contributed by atoms with Gasteiger partial charge >= 0.3 is 0 Å². The summed E-state index contributed by atoms with van der Waals surface area (Å²) in [5.41, 5.74) is 0.381. The van der Waals surface area contributed by atoms with Crippen LogP contribution in [0.25, 0.3) is 0 Å². The van der Waals surface area contributed by atoms with E-state index in [0.717, 1.165) is 11.0 Å². The zero-order valence-electron chi connectivity index (χ0n) is 12.1. The minimum Gasteiger partial charge on any atom is -0.374 e. The van der Waals surface area contributed by atoms with Crippen LogP contribution in [-0.4, -0.2) is 24.8 Å². The molecule has 0 aliphatic heterocycles. The Labute approximate surface area is 123 Å². The number of hydrogen-bond donors (Lipinski definition) is 1. The highest BCUT2D eigenvalue weighted by Gasteiger charge is 2.30. The molecule has 0 saturated heterocycles. The molecule has 1 aromatic carbocycles. The van der Waals surface area contributed by atoms with Gasteiger partial charge in [0.25, 0.3) is 0 Å². The summed E-state index contributed by atoms with van der Waals surface area (Å²) in [5.74, 6) is -0.176. The molecule has 0 aliphatic carbocycles. The number of benzene rings is 1. The van der Waals surface area contributed by atoms with Gasteiger partial charge in [-0.2, -0.15) is 0 Å². The lowest BCUT2D eigenvalue weighted by molar-refractivity contribution is -0.0378. The molecule has 1 rings (SSSR count). The largest absolute Gasteiger partial charge is 0.374 e. The summed E-state index contributed by atoms with van der Waals surface area (Å²) in [5, 5.41) is 3.39. The average Bonchev–Trinajstić information content (AvgIpc) is 2.31. The summed E-state index contributed by atoms with van der Waals surface area (Å²) in [7, 11) is 0. The molecule has 2 nitrogen and oxygen atoms in total. The second-order valence-corrected chi connectivity index (χ2v) is 6.00. The van der Waals surface area contributed by atoms with Crippen LogP contribution >= 0.6 is 15.9 Å². The molecule has 1 aromatic rings. The molecule has 0 bridgehead atoms. The van der Waals surface area contributed by atoms with Crippen LogP contribution in [-0.2, 0) is 11.2 Å². The molecule has 0 heterocycles. The average molecular weight is 332 g/mol. The lowest BCUT2D eigenvalue weighted by atomic mass is 9.91. The summed E-state index contributed by atoms with van der Waals surface area (Å²) < 4.78 is 20.5. The van der Waals surface area contributed by atoms with E-state index in [1.807, 2.05) is 39.8 Å². The maximum atomic E-state index is 13.9. The zero-order chi connectivity index (χ0) is 14.5. The maximum Gasteiger partial charge on any atom is 0.127 e. The van der Waals surface area contributed by atoms with E-state index in [-0.39, 0.29) is 17.5 Å². The Balaban J connectivity index is 2.89. The third-order valence-corrected chi connectivity index (χ3v) is 3.74. The summed E-state index contributed by atoms with van der Waals surface area (Å²) >= 11 is 3.28. The van der Waals surface area contributed by atoms with Crippen molar-refractivity contribution in [2.45, 2.75) is 45.8 Å². The summed E-state index contributed by atoms with van der Waals surface area (Å²) in [6.45, 7) is 9.59. The van der Waals surface area contributed by atoms with Gasteiger partial charge in [-0.1, -0.05) is 28.9 Å². The van der Waals surface area contributed by atoms with Crippen molar-refractivity contribution < 1.29 is 9.13 Å². The fraction of sp³-hybridized carbons (Fsp3) is 0.600. The lowest BCUT2D eigenvalue weighted by Crippen LogP contribution is -2.50. The minimum atomic E-state index is -0.329. The van der Waals surface area contributed by atoms with Gasteiger partial charge in [-0.15, -0.1) is 0 Å². The van der Waals surface area contributed by atoms with E-state index in [1.165, 1.54) is 6.07 Å². The maximum absolute atomic E-state index is 13.9. The first-order valence-corrected chi connectivity index (χ1v) is 7.51. The van der Waals surface area contributed by atoms with Crippen LogP contribution in [0.15, 0.2) is 22.7 Å². The topological polar surface area (TPSA) is 21.3 Å². The fourth-order valence-corrected chi connectivity index (χ4v) is 2.52. The summed E-state index contributed by atoms with van der Waals surface area (Å²) in [6, 6.07) is 5.28. The van der Waals surface area contributed by atoms with Crippen LogP contribution in [0.2, 0.25) is 0 Å². The molecule has 19 heavy (non-hydrogen) atoms. The normalized spacial score (nSPS) is 13.6. The second-order valence-electron chi connectivity index (χ2n) is 5.09. The van der Waals surface area contributed by atoms with Gasteiger partial charge in [0.15, 0.2) is 0 Å². The van der Waals surface area contributed by atoms with Crippen molar-refractivity contribution in [1.82, 2.24) is 5.32 Å². The van der Waals surface area contributed by atoms with E-state index in [2.05, 4.69) is 21.2 Å². The smallest absolute Gasteiger partial charge is 0.127 e. The first-order valence-electron chi connectivity index (χ1n) is 6.72. The summed E-state index contributed by atoms with van der Waals surface area (Å²) in [4.78, 5) is 0. The van der Waals surface area contributed by atoms with Crippen molar-refractivity contribution in [2.75, 3.05) is 13.2 Å². The van der Waals surface area contributed by atoms with Crippen molar-refractivity contribution in [3.05, 3.63) is 34.1 Å². The molecular formula is C15H23BrFNO. The van der Waals surface area contributed by atoms with Gasteiger partial charge in [-0.05, 0) is 51.4 Å². The predicted molar refractivity (Wildman–Crippen MR) is 81.0 cm³/mol. The summed E-state index contributed by atoms with van der Waals surface area (Å²) in [6.07, 6.45) is 0.611. The van der Waals surface area contributed by atoms with Gasteiger partial charge in [0.05, 0.1) is 5.60 Å². The van der Waals surface area contributed by atoms with Crippen molar-refractivity contribution in [1.29, 1.82) is 0 Å². The molecule has 1 N–H and O–H groups in total. The van der Waals surface area contributed by atoms with Crippen LogP contribution in [0.4, 0.5) is 4.39 Å². The molecule has 0 fully saturated rings. The van der Waals surface area contributed by atoms with E-state index >= 15 is 0 Å². The Bertz CT molecular complexity index is 409. The molecule has 0 aromatic heterocycles. The van der Waals surface area contributed by atoms with E-state index in [9.17, 15) is 4.39 Å². The van der Waals surface area contributed by atoms with E-state index in [4.69, 9.17) is 4.74 Å². The lowest BCUT2D eigenvalue weighted by Gasteiger charge is -2.35. The number of nitrogens with one attached hydrogen (secondary N) is 1. The molecule has 0 saturated carbocycles. The Hall–Kier alpha value is -0.450. The van der Waals surface area contributed by atoms with Gasteiger partial charge in [-0.25, -0.2) is 4.39 Å². The Morgan fingerprint density at radius 3 is 2.58 bits per heavy atom. The van der Waals surface area contributed by atoms with Gasteiger partial charge in [0.2, 0.25) is 0 Å². The fourth-order valence-electron chi connectivity index (χ4n) is 2.19. The highest BCUT2D eigenvalue weighted by Crippen LogP contribution is 2.22. The molecule has 0 radical (unpaired) electrons. The first-order chi connectivity index (χ1) is 8.90. The van der Waals surface area contributed by atoms with Crippen LogP contribution < -0.4 is 5.32 Å². The Kier molecular flexibility index (Phi) is 6.43. The van der Waals surface area contributed by atoms with E-state index in [1.54, 1.807) is 0 Å². The minimum absolute atomic E-state index is 0.0770. The van der Waals surface area contributed by atoms with Crippen LogP contribution in [0.3, 0.4) is 0 Å². The van der Waals surface area contributed by atoms with Gasteiger partial charge in [0, 0.05) is 17.1 Å². The molecule has 0 spiro atoms. The second kappa shape index (κ2) is 7.36. The third kappa shape index (κ3) is 4.86. The third-order valence-electron chi connectivity index (χ3n) is 3.25. The molecule has 108 valence electrons. The number of ether oxygens (including phenoxy) is 1. The van der Waals surface area contributed by atoms with Gasteiger partial charge in [0.1, 0.15) is 5.82 Å². The Morgan fingerprint density at radius 2 is 2.05 bits per heavy atom. The quantitative estimate of drug-likeness (QED) is 0.817. The van der Waals surface area contributed by atoms with Crippen molar-refractivity contribution in [3.8, 4) is 0 Å². The van der Waals surface area contributed by atoms with Gasteiger partial charge < -0.3 is 10.1 Å². The number of hydrogen-bond acceptors (Lipinski definition) is 2. The van der Waals surface area contributed by atoms with Crippen molar-refractivity contribution in [2.24, 2.45) is 0 Å². The molecule has 0 amide bonds. The molecule has 0 aliphatic rings. The highest BCUT2D eigenvalue weighted by molar-refractivity contribution is 9.10. The Morgan fingerprint density at radius 1 is 1.37 bits per heavy atom. The van der Waals surface area contributed by atoms with E-state index < -0.39 is 0 Å². The van der Waals surface area contributed by atoms with Crippen LogP contribution in [0.5, 0.6) is 0 Å². The van der Waals surface area contributed by atoms with E-state index in [0.29, 0.717) is 18.6 Å². The molecule has 1 atom stereocenters. The van der Waals surface area contributed by atoms with Crippen molar-refractivity contribution >= 4 is 15.9 Å². The van der Waals surface area contributed by atoms with Gasteiger partial charge in [-0.3, -0.25) is 0 Å². The number of likely N-dealkylation sites (N-methyl/N-ethyl adjacent to an activating group) is 1. The van der Waals surface area contributed by atoms with Crippen LogP contribution in [0, 0.1) is 5.82 Å². The predicted octanol–water partition coefficient (Wildman–Crippen LogP) is 3.92. The standard InChI is InChI=1S/C15H23BrFNO/c1-5-18-14(15(3,4)19-6-2)9-11-7-8-12(16)10-13(11)17/h7-8,10,14,18H,5-6,9H2,1-4H3. The van der Waals surface area contributed by atoms with Crippen LogP contribution in [0.1, 0.15) is 33.3 Å². The molecular weight excluding hydrogens is 309 g/mol. The zero-order valence-corrected chi connectivity index (χ0v) is 13.7. The monoisotopic (exact) mass is 331 g/mol. The number of halogens is 2.